The zero-order chi connectivity index (χ0) is 21.6. The lowest BCUT2D eigenvalue weighted by atomic mass is 10.0. The van der Waals surface area contributed by atoms with Gasteiger partial charge < -0.3 is 10.1 Å². The van der Waals surface area contributed by atoms with E-state index in [4.69, 9.17) is 16.3 Å². The van der Waals surface area contributed by atoms with Crippen molar-refractivity contribution in [3.05, 3.63) is 53.1 Å². The van der Waals surface area contributed by atoms with Crippen molar-refractivity contribution in [2.24, 2.45) is 11.3 Å². The van der Waals surface area contributed by atoms with Gasteiger partial charge in [-0.1, -0.05) is 37.6 Å². The van der Waals surface area contributed by atoms with Crippen LogP contribution in [0.4, 0.5) is 5.69 Å². The number of ether oxygens (including phenoxy) is 1. The second-order valence-electron chi connectivity index (χ2n) is 7.97. The molecule has 156 valence electrons. The van der Waals surface area contributed by atoms with Crippen LogP contribution in [0.15, 0.2) is 47.4 Å². The Kier molecular flexibility index (Phi) is 5.69. The van der Waals surface area contributed by atoms with E-state index in [-0.39, 0.29) is 28.1 Å². The summed E-state index contributed by atoms with van der Waals surface area (Å²) < 4.78 is 31.0. The van der Waals surface area contributed by atoms with Gasteiger partial charge in [0.1, 0.15) is 5.75 Å². The second-order valence-corrected chi connectivity index (χ2v) is 10.6. The number of benzene rings is 2. The van der Waals surface area contributed by atoms with Gasteiger partial charge in [0, 0.05) is 25.0 Å². The molecule has 0 aliphatic heterocycles. The molecule has 3 rings (SSSR count). The van der Waals surface area contributed by atoms with Crippen LogP contribution in [-0.2, 0) is 14.8 Å². The molecule has 1 amide bonds. The Morgan fingerprint density at radius 2 is 1.76 bits per heavy atom. The Hall–Kier alpha value is -2.09. The van der Waals surface area contributed by atoms with Gasteiger partial charge in [0.25, 0.3) is 0 Å². The molecule has 29 heavy (non-hydrogen) atoms. The average molecular weight is 437 g/mol. The summed E-state index contributed by atoms with van der Waals surface area (Å²) in [5.41, 5.74) is 1.21. The second kappa shape index (κ2) is 7.63. The lowest BCUT2D eigenvalue weighted by molar-refractivity contribution is -0.118. The third-order valence-corrected chi connectivity index (χ3v) is 7.61. The summed E-state index contributed by atoms with van der Waals surface area (Å²) in [7, 11) is 1.05. The number of carbonyl (C=O) groups is 1. The Morgan fingerprint density at radius 1 is 1.14 bits per heavy atom. The fourth-order valence-electron chi connectivity index (χ4n) is 3.80. The maximum atomic E-state index is 13.0. The van der Waals surface area contributed by atoms with E-state index in [1.165, 1.54) is 25.5 Å². The number of nitrogens with zero attached hydrogens (tertiary/aromatic N) is 1. The number of hydrogen-bond donors (Lipinski definition) is 1. The maximum absolute atomic E-state index is 13.0. The van der Waals surface area contributed by atoms with E-state index in [0.717, 1.165) is 5.56 Å². The standard InChI is InChI=1S/C21H25ClN2O4S/c1-21(2)18(13-6-9-15(10-7-13)29(26,27)24(3)4)19(21)20(25)23-16-12-14(22)8-11-17(16)28-5/h6-12,18-19H,1-5H3,(H,23,25)/t18-,19+/m1/s1. The van der Waals surface area contributed by atoms with E-state index >= 15 is 0 Å². The zero-order valence-corrected chi connectivity index (χ0v) is 18.6. The normalized spacial score (nSPS) is 20.4. The molecule has 1 aliphatic rings. The van der Waals surface area contributed by atoms with Crippen LogP contribution in [0.3, 0.4) is 0 Å². The molecular weight excluding hydrogens is 412 g/mol. The molecule has 0 saturated heterocycles. The van der Waals surface area contributed by atoms with Crippen LogP contribution in [0.5, 0.6) is 5.75 Å². The van der Waals surface area contributed by atoms with Crippen molar-refractivity contribution in [3.63, 3.8) is 0 Å². The van der Waals surface area contributed by atoms with Gasteiger partial charge in [-0.3, -0.25) is 4.79 Å². The van der Waals surface area contributed by atoms with E-state index in [1.807, 2.05) is 13.8 Å². The van der Waals surface area contributed by atoms with E-state index in [9.17, 15) is 13.2 Å². The topological polar surface area (TPSA) is 75.7 Å². The number of anilines is 1. The first-order valence-corrected chi connectivity index (χ1v) is 11.0. The third kappa shape index (κ3) is 3.99. The third-order valence-electron chi connectivity index (χ3n) is 5.55. The van der Waals surface area contributed by atoms with Crippen molar-refractivity contribution in [2.45, 2.75) is 24.7 Å². The number of methoxy groups -OCH3 is 1. The molecule has 0 aromatic heterocycles. The summed E-state index contributed by atoms with van der Waals surface area (Å²) in [5, 5.41) is 3.42. The van der Waals surface area contributed by atoms with Crippen molar-refractivity contribution in [2.75, 3.05) is 26.5 Å². The first kappa shape index (κ1) is 21.6. The summed E-state index contributed by atoms with van der Waals surface area (Å²) in [5.74, 6) is 0.160. The van der Waals surface area contributed by atoms with Gasteiger partial charge in [-0.05, 0) is 41.3 Å². The number of sulfonamides is 1. The van der Waals surface area contributed by atoms with Crippen molar-refractivity contribution in [1.82, 2.24) is 4.31 Å². The Morgan fingerprint density at radius 3 is 2.31 bits per heavy atom. The van der Waals surface area contributed by atoms with Gasteiger partial charge in [0.05, 0.1) is 23.6 Å². The number of hydrogen-bond acceptors (Lipinski definition) is 4. The SMILES string of the molecule is COc1ccc(Cl)cc1NC(=O)[C@@H]1[C@@H](c2ccc(S(=O)(=O)N(C)C)cc2)C1(C)C. The molecule has 0 bridgehead atoms. The molecule has 0 radical (unpaired) electrons. The minimum absolute atomic E-state index is 0.0104. The Balaban J connectivity index is 1.81. The Bertz CT molecular complexity index is 1030. The van der Waals surface area contributed by atoms with Crippen molar-refractivity contribution in [1.29, 1.82) is 0 Å². The van der Waals surface area contributed by atoms with Gasteiger partial charge in [-0.2, -0.15) is 0 Å². The highest BCUT2D eigenvalue weighted by Crippen LogP contribution is 2.64. The van der Waals surface area contributed by atoms with Crippen LogP contribution in [0.1, 0.15) is 25.3 Å². The lowest BCUT2D eigenvalue weighted by Crippen LogP contribution is -2.22. The highest BCUT2D eigenvalue weighted by atomic mass is 35.5. The minimum Gasteiger partial charge on any atom is -0.495 e. The zero-order valence-electron chi connectivity index (χ0n) is 17.1. The fourth-order valence-corrected chi connectivity index (χ4v) is 4.87. The minimum atomic E-state index is -3.48. The van der Waals surface area contributed by atoms with Crippen molar-refractivity contribution >= 4 is 33.2 Å². The van der Waals surface area contributed by atoms with Crippen molar-refractivity contribution < 1.29 is 17.9 Å². The van der Waals surface area contributed by atoms with Crippen LogP contribution in [0.25, 0.3) is 0 Å². The largest absolute Gasteiger partial charge is 0.495 e. The van der Waals surface area contributed by atoms with E-state index in [0.29, 0.717) is 16.5 Å². The van der Waals surface area contributed by atoms with E-state index in [2.05, 4.69) is 5.32 Å². The lowest BCUT2D eigenvalue weighted by Gasteiger charge is -2.12. The number of amides is 1. The van der Waals surface area contributed by atoms with Gasteiger partial charge in [-0.15, -0.1) is 0 Å². The average Bonchev–Trinajstić information content (AvgIpc) is 3.24. The molecule has 0 heterocycles. The van der Waals surface area contributed by atoms with Gasteiger partial charge in [-0.25, -0.2) is 12.7 Å². The van der Waals surface area contributed by atoms with Gasteiger partial charge in [0.2, 0.25) is 15.9 Å². The van der Waals surface area contributed by atoms with Crippen LogP contribution >= 0.6 is 11.6 Å². The molecule has 0 unspecified atom stereocenters. The molecule has 1 saturated carbocycles. The number of carbonyl (C=O) groups excluding carboxylic acids is 1. The molecule has 6 nitrogen and oxygen atoms in total. The maximum Gasteiger partial charge on any atom is 0.242 e. The fraction of sp³-hybridized carbons (Fsp3) is 0.381. The van der Waals surface area contributed by atoms with E-state index < -0.39 is 10.0 Å². The highest BCUT2D eigenvalue weighted by Gasteiger charge is 2.62. The summed E-state index contributed by atoms with van der Waals surface area (Å²) >= 11 is 6.05. The first-order chi connectivity index (χ1) is 13.5. The Labute approximate surface area is 176 Å². The molecule has 1 N–H and O–H groups in total. The smallest absolute Gasteiger partial charge is 0.242 e. The molecule has 2 atom stereocenters. The molecule has 1 fully saturated rings. The summed E-state index contributed by atoms with van der Waals surface area (Å²) in [6, 6.07) is 11.8. The quantitative estimate of drug-likeness (QED) is 0.743. The summed E-state index contributed by atoms with van der Waals surface area (Å²) in [4.78, 5) is 13.2. The molecular formula is C21H25ClN2O4S. The molecule has 2 aromatic rings. The van der Waals surface area contributed by atoms with E-state index in [1.54, 1.807) is 42.5 Å². The number of halogens is 1. The monoisotopic (exact) mass is 436 g/mol. The van der Waals surface area contributed by atoms with Crippen LogP contribution in [0, 0.1) is 11.3 Å². The van der Waals surface area contributed by atoms with Gasteiger partial charge in [0.15, 0.2) is 0 Å². The molecule has 0 spiro atoms. The number of nitrogens with one attached hydrogen (secondary N) is 1. The predicted molar refractivity (Wildman–Crippen MR) is 114 cm³/mol. The highest BCUT2D eigenvalue weighted by molar-refractivity contribution is 7.89. The van der Waals surface area contributed by atoms with Crippen molar-refractivity contribution in [3.8, 4) is 5.75 Å². The van der Waals surface area contributed by atoms with Crippen LogP contribution < -0.4 is 10.1 Å². The van der Waals surface area contributed by atoms with Gasteiger partial charge >= 0.3 is 0 Å². The first-order valence-electron chi connectivity index (χ1n) is 9.17. The molecule has 2 aromatic carbocycles. The van der Waals surface area contributed by atoms with Crippen LogP contribution in [0.2, 0.25) is 5.02 Å². The summed E-state index contributed by atoms with van der Waals surface area (Å²) in [6.45, 7) is 4.06. The van der Waals surface area contributed by atoms with Crippen LogP contribution in [-0.4, -0.2) is 39.8 Å². The number of rotatable bonds is 6. The predicted octanol–water partition coefficient (Wildman–Crippen LogP) is 3.98. The molecule has 1 aliphatic carbocycles. The molecule has 8 heteroatoms. The summed E-state index contributed by atoms with van der Waals surface area (Å²) in [6.07, 6.45) is 0.